The van der Waals surface area contributed by atoms with Crippen LogP contribution in [-0.2, 0) is 11.3 Å². The van der Waals surface area contributed by atoms with Crippen molar-refractivity contribution in [3.8, 4) is 0 Å². The Morgan fingerprint density at radius 1 is 1.19 bits per heavy atom. The van der Waals surface area contributed by atoms with E-state index in [1.54, 1.807) is 11.8 Å². The molecule has 3 rings (SSSR count). The molecule has 1 amide bonds. The third kappa shape index (κ3) is 4.34. The molecule has 0 unspecified atom stereocenters. The molecule has 136 valence electrons. The van der Waals surface area contributed by atoms with E-state index < -0.39 is 0 Å². The third-order valence-corrected chi connectivity index (χ3v) is 6.72. The number of hydrogen-bond acceptors (Lipinski definition) is 3. The van der Waals surface area contributed by atoms with Crippen molar-refractivity contribution in [1.82, 2.24) is 4.57 Å². The number of fused-ring (bicyclic) bond motifs is 1. The predicted octanol–water partition coefficient (Wildman–Crippen LogP) is 5.95. The van der Waals surface area contributed by atoms with E-state index in [0.29, 0.717) is 27.0 Å². The number of halogens is 2. The van der Waals surface area contributed by atoms with E-state index in [9.17, 15) is 4.79 Å². The Hall–Kier alpha value is -1.27. The van der Waals surface area contributed by atoms with Crippen LogP contribution in [0.15, 0.2) is 46.3 Å². The second kappa shape index (κ2) is 8.61. The highest BCUT2D eigenvalue weighted by Gasteiger charge is 2.12. The number of carbonyl (C=O) groups excluding carboxylic acids is 1. The van der Waals surface area contributed by atoms with Gasteiger partial charge in [-0.2, -0.15) is 4.99 Å². The molecule has 0 saturated heterocycles. The average molecular weight is 425 g/mol. The fraction of sp³-hybridized carbons (Fsp3) is 0.263. The summed E-state index contributed by atoms with van der Waals surface area (Å²) in [5, 5.41) is 1.41. The Morgan fingerprint density at radius 2 is 1.92 bits per heavy atom. The maximum Gasteiger partial charge on any atom is 0.249 e. The molecule has 0 saturated carbocycles. The molecule has 3 nitrogen and oxygen atoms in total. The van der Waals surface area contributed by atoms with Crippen molar-refractivity contribution in [2.24, 2.45) is 4.99 Å². The van der Waals surface area contributed by atoms with Crippen molar-refractivity contribution in [2.75, 3.05) is 5.75 Å². The standard InChI is InChI=1S/C19H18Cl2N2OS2/c1-3-23-17-12(2)4-9-15(21)18(17)26-19(23)22-16(24)10-11-25-14-7-5-13(20)6-8-14/h4-9H,3,10-11H2,1-2H3. The molecule has 0 N–H and O–H groups in total. The lowest BCUT2D eigenvalue weighted by Gasteiger charge is -2.04. The van der Waals surface area contributed by atoms with E-state index in [0.717, 1.165) is 27.2 Å². The number of benzene rings is 2. The molecular formula is C19H18Cl2N2OS2. The molecule has 2 aromatic carbocycles. The van der Waals surface area contributed by atoms with Crippen molar-refractivity contribution in [2.45, 2.75) is 31.7 Å². The van der Waals surface area contributed by atoms with Gasteiger partial charge in [0, 0.05) is 28.6 Å². The lowest BCUT2D eigenvalue weighted by molar-refractivity contribution is -0.117. The van der Waals surface area contributed by atoms with Crippen LogP contribution in [0, 0.1) is 6.92 Å². The number of aromatic nitrogens is 1. The predicted molar refractivity (Wildman–Crippen MR) is 113 cm³/mol. The highest BCUT2D eigenvalue weighted by Crippen LogP contribution is 2.28. The molecule has 7 heteroatoms. The average Bonchev–Trinajstić information content (AvgIpc) is 2.99. The quantitative estimate of drug-likeness (QED) is 0.474. The highest BCUT2D eigenvalue weighted by molar-refractivity contribution is 7.99. The van der Waals surface area contributed by atoms with Crippen molar-refractivity contribution < 1.29 is 4.79 Å². The van der Waals surface area contributed by atoms with Gasteiger partial charge in [-0.05, 0) is 49.7 Å². The van der Waals surface area contributed by atoms with Gasteiger partial charge in [-0.15, -0.1) is 11.8 Å². The van der Waals surface area contributed by atoms with Crippen LogP contribution in [0.2, 0.25) is 10.0 Å². The van der Waals surface area contributed by atoms with Gasteiger partial charge in [-0.25, -0.2) is 0 Å². The SMILES string of the molecule is CCn1c(=NC(=O)CCSc2ccc(Cl)cc2)sc2c(Cl)ccc(C)c21. The summed E-state index contributed by atoms with van der Waals surface area (Å²) in [4.78, 5) is 18.5. The van der Waals surface area contributed by atoms with Crippen LogP contribution < -0.4 is 4.80 Å². The molecule has 26 heavy (non-hydrogen) atoms. The highest BCUT2D eigenvalue weighted by atomic mass is 35.5. The molecular weight excluding hydrogens is 407 g/mol. The first-order valence-electron chi connectivity index (χ1n) is 8.24. The second-order valence-electron chi connectivity index (χ2n) is 5.73. The summed E-state index contributed by atoms with van der Waals surface area (Å²) >= 11 is 15.3. The van der Waals surface area contributed by atoms with Gasteiger partial charge in [0.05, 0.1) is 15.2 Å². The summed E-state index contributed by atoms with van der Waals surface area (Å²) < 4.78 is 3.04. The largest absolute Gasteiger partial charge is 0.316 e. The molecule has 0 atom stereocenters. The number of carbonyl (C=O) groups is 1. The number of thiazole rings is 1. The van der Waals surface area contributed by atoms with Crippen LogP contribution in [0.5, 0.6) is 0 Å². The van der Waals surface area contributed by atoms with Gasteiger partial charge in [-0.3, -0.25) is 4.79 Å². The van der Waals surface area contributed by atoms with Crippen LogP contribution in [0.25, 0.3) is 10.2 Å². The third-order valence-electron chi connectivity index (χ3n) is 3.91. The summed E-state index contributed by atoms with van der Waals surface area (Å²) in [6.45, 7) is 4.84. The van der Waals surface area contributed by atoms with Gasteiger partial charge in [0.2, 0.25) is 5.91 Å². The number of hydrogen-bond donors (Lipinski definition) is 0. The zero-order valence-corrected chi connectivity index (χ0v) is 17.6. The van der Waals surface area contributed by atoms with Gasteiger partial charge in [0.15, 0.2) is 4.80 Å². The molecule has 0 aliphatic carbocycles. The molecule has 0 radical (unpaired) electrons. The maximum absolute atomic E-state index is 12.3. The minimum absolute atomic E-state index is 0.117. The molecule has 0 bridgehead atoms. The number of rotatable bonds is 5. The first kappa shape index (κ1) is 19.5. The fourth-order valence-electron chi connectivity index (χ4n) is 2.65. The molecule has 0 fully saturated rings. The Kier molecular flexibility index (Phi) is 6.46. The van der Waals surface area contributed by atoms with Gasteiger partial charge < -0.3 is 4.57 Å². The summed E-state index contributed by atoms with van der Waals surface area (Å²) in [6, 6.07) is 11.5. The van der Waals surface area contributed by atoms with Gasteiger partial charge in [0.1, 0.15) is 0 Å². The van der Waals surface area contributed by atoms with Crippen molar-refractivity contribution >= 4 is 62.4 Å². The van der Waals surface area contributed by atoms with Crippen molar-refractivity contribution in [1.29, 1.82) is 0 Å². The molecule has 1 aromatic heterocycles. The normalized spacial score (nSPS) is 12.1. The minimum atomic E-state index is -0.117. The van der Waals surface area contributed by atoms with Crippen LogP contribution >= 0.6 is 46.3 Å². The van der Waals surface area contributed by atoms with Crippen LogP contribution in [0.4, 0.5) is 0 Å². The van der Waals surface area contributed by atoms with E-state index in [4.69, 9.17) is 23.2 Å². The zero-order valence-electron chi connectivity index (χ0n) is 14.5. The van der Waals surface area contributed by atoms with E-state index in [1.807, 2.05) is 50.2 Å². The molecule has 0 aliphatic heterocycles. The smallest absolute Gasteiger partial charge is 0.249 e. The lowest BCUT2D eigenvalue weighted by atomic mass is 10.2. The van der Waals surface area contributed by atoms with Crippen LogP contribution in [0.1, 0.15) is 18.9 Å². The van der Waals surface area contributed by atoms with Gasteiger partial charge in [0.25, 0.3) is 0 Å². The fourth-order valence-corrected chi connectivity index (χ4v) is 5.07. The van der Waals surface area contributed by atoms with Crippen molar-refractivity contribution in [3.63, 3.8) is 0 Å². The van der Waals surface area contributed by atoms with E-state index in [1.165, 1.54) is 11.3 Å². The molecule has 0 spiro atoms. The number of nitrogens with zero attached hydrogens (tertiary/aromatic N) is 2. The Balaban J connectivity index is 1.78. The number of amides is 1. The van der Waals surface area contributed by atoms with Crippen LogP contribution in [-0.4, -0.2) is 16.2 Å². The Labute approximate surface area is 170 Å². The van der Waals surface area contributed by atoms with Gasteiger partial charge >= 0.3 is 0 Å². The summed E-state index contributed by atoms with van der Waals surface area (Å²) in [5.74, 6) is 0.565. The maximum atomic E-state index is 12.3. The first-order valence-corrected chi connectivity index (χ1v) is 10.8. The van der Waals surface area contributed by atoms with Crippen LogP contribution in [0.3, 0.4) is 0 Å². The topological polar surface area (TPSA) is 34.4 Å². The monoisotopic (exact) mass is 424 g/mol. The number of thioether (sulfide) groups is 1. The number of aryl methyl sites for hydroxylation is 2. The van der Waals surface area contributed by atoms with Gasteiger partial charge in [-0.1, -0.05) is 40.6 Å². The van der Waals surface area contributed by atoms with E-state index in [2.05, 4.69) is 9.56 Å². The van der Waals surface area contributed by atoms with E-state index >= 15 is 0 Å². The molecule has 0 aliphatic rings. The van der Waals surface area contributed by atoms with E-state index in [-0.39, 0.29) is 5.91 Å². The molecule has 1 heterocycles. The van der Waals surface area contributed by atoms with Crippen molar-refractivity contribution in [3.05, 3.63) is 56.8 Å². The first-order chi connectivity index (χ1) is 12.5. The molecule has 3 aromatic rings. The zero-order chi connectivity index (χ0) is 18.7. The second-order valence-corrected chi connectivity index (χ2v) is 8.72. The Bertz CT molecular complexity index is 1010. The lowest BCUT2D eigenvalue weighted by Crippen LogP contribution is -2.16. The summed E-state index contributed by atoms with van der Waals surface area (Å²) in [7, 11) is 0. The minimum Gasteiger partial charge on any atom is -0.316 e. The Morgan fingerprint density at radius 3 is 2.62 bits per heavy atom. The summed E-state index contributed by atoms with van der Waals surface area (Å²) in [5.41, 5.74) is 2.20. The summed E-state index contributed by atoms with van der Waals surface area (Å²) in [6.07, 6.45) is 0.387.